The molecular weight excluding hydrogens is 238 g/mol. The Kier molecular flexibility index (Phi) is 2.01. The second-order valence-corrected chi connectivity index (χ2v) is 2.59. The Morgan fingerprint density at radius 2 is 2.38 bits per heavy atom. The highest BCUT2D eigenvalue weighted by Crippen LogP contribution is 2.02. The zero-order valence-electron chi connectivity index (χ0n) is 3.81. The zero-order chi connectivity index (χ0) is 5.98. The van der Waals surface area contributed by atoms with Crippen LogP contribution in [0.5, 0.6) is 0 Å². The number of halogens is 2. The van der Waals surface area contributed by atoms with E-state index in [1.807, 2.05) is 0 Å². The van der Waals surface area contributed by atoms with Gasteiger partial charge in [-0.25, -0.2) is 9.97 Å². The van der Waals surface area contributed by atoms with Gasteiger partial charge < -0.3 is 0 Å². The van der Waals surface area contributed by atoms with Crippen molar-refractivity contribution in [2.45, 2.75) is 0 Å². The van der Waals surface area contributed by atoms with Crippen molar-refractivity contribution in [3.63, 3.8) is 0 Å². The SMILES string of the molecule is Clc1nccc(I)n1. The normalized spacial score (nSPS) is 9.25. The minimum atomic E-state index is 0.303. The molecule has 0 atom stereocenters. The largest absolute Gasteiger partial charge is 0.226 e. The summed E-state index contributed by atoms with van der Waals surface area (Å²) in [6.45, 7) is 0. The highest BCUT2D eigenvalue weighted by atomic mass is 127. The van der Waals surface area contributed by atoms with Crippen molar-refractivity contribution < 1.29 is 0 Å². The summed E-state index contributed by atoms with van der Waals surface area (Å²) in [6, 6.07) is 1.78. The van der Waals surface area contributed by atoms with E-state index in [0.29, 0.717) is 5.28 Å². The van der Waals surface area contributed by atoms with E-state index < -0.39 is 0 Å². The van der Waals surface area contributed by atoms with Gasteiger partial charge in [-0.2, -0.15) is 0 Å². The van der Waals surface area contributed by atoms with E-state index in [1.165, 1.54) is 0 Å². The zero-order valence-corrected chi connectivity index (χ0v) is 6.72. The third-order valence-corrected chi connectivity index (χ3v) is 1.38. The van der Waals surface area contributed by atoms with E-state index in [4.69, 9.17) is 11.6 Å². The minimum absolute atomic E-state index is 0.303. The first kappa shape index (κ1) is 6.22. The second-order valence-electron chi connectivity index (χ2n) is 1.15. The molecule has 0 saturated carbocycles. The molecule has 0 radical (unpaired) electrons. The van der Waals surface area contributed by atoms with E-state index in [1.54, 1.807) is 12.3 Å². The van der Waals surface area contributed by atoms with E-state index in [0.717, 1.165) is 3.70 Å². The number of hydrogen-bond donors (Lipinski definition) is 0. The summed E-state index contributed by atoms with van der Waals surface area (Å²) in [5.74, 6) is 0. The predicted molar refractivity (Wildman–Crippen MR) is 39.8 cm³/mol. The Hall–Kier alpha value is 0.1000. The van der Waals surface area contributed by atoms with Gasteiger partial charge in [0.25, 0.3) is 0 Å². The van der Waals surface area contributed by atoms with E-state index >= 15 is 0 Å². The fourth-order valence-electron chi connectivity index (χ4n) is 0.315. The van der Waals surface area contributed by atoms with Crippen LogP contribution in [-0.2, 0) is 0 Å². The van der Waals surface area contributed by atoms with Gasteiger partial charge in [0.05, 0.1) is 0 Å². The van der Waals surface area contributed by atoms with Gasteiger partial charge in [-0.15, -0.1) is 0 Å². The van der Waals surface area contributed by atoms with Gasteiger partial charge in [-0.3, -0.25) is 0 Å². The monoisotopic (exact) mass is 240 g/mol. The molecule has 0 aliphatic heterocycles. The van der Waals surface area contributed by atoms with E-state index in [9.17, 15) is 0 Å². The maximum Gasteiger partial charge on any atom is 0.223 e. The van der Waals surface area contributed by atoms with Gasteiger partial charge in [0.2, 0.25) is 5.28 Å². The average molecular weight is 240 g/mol. The van der Waals surface area contributed by atoms with Crippen LogP contribution in [0.15, 0.2) is 12.3 Å². The van der Waals surface area contributed by atoms with Crippen molar-refractivity contribution in [1.82, 2.24) is 9.97 Å². The van der Waals surface area contributed by atoms with Crippen molar-refractivity contribution in [3.05, 3.63) is 21.2 Å². The third kappa shape index (κ3) is 1.56. The quantitative estimate of drug-likeness (QED) is 0.392. The van der Waals surface area contributed by atoms with Crippen LogP contribution in [0.4, 0.5) is 0 Å². The molecule has 42 valence electrons. The summed E-state index contributed by atoms with van der Waals surface area (Å²) in [6.07, 6.45) is 1.62. The number of rotatable bonds is 0. The lowest BCUT2D eigenvalue weighted by molar-refractivity contribution is 1.14. The molecule has 0 amide bonds. The van der Waals surface area contributed by atoms with Crippen molar-refractivity contribution in [3.8, 4) is 0 Å². The summed E-state index contributed by atoms with van der Waals surface area (Å²) in [7, 11) is 0. The molecule has 0 saturated heterocycles. The molecule has 2 nitrogen and oxygen atoms in total. The topological polar surface area (TPSA) is 25.8 Å². The van der Waals surface area contributed by atoms with Gasteiger partial charge in [0.1, 0.15) is 3.70 Å². The maximum absolute atomic E-state index is 5.42. The van der Waals surface area contributed by atoms with Crippen LogP contribution in [0.3, 0.4) is 0 Å². The summed E-state index contributed by atoms with van der Waals surface area (Å²) in [5, 5.41) is 0.303. The maximum atomic E-state index is 5.42. The summed E-state index contributed by atoms with van der Waals surface area (Å²) < 4.78 is 0.864. The van der Waals surface area contributed by atoms with Gasteiger partial charge in [-0.05, 0) is 40.3 Å². The summed E-state index contributed by atoms with van der Waals surface area (Å²) >= 11 is 7.49. The predicted octanol–water partition coefficient (Wildman–Crippen LogP) is 1.73. The standard InChI is InChI=1S/C4H2ClIN2/c5-4-7-2-1-3(6)8-4/h1-2H. The van der Waals surface area contributed by atoms with Gasteiger partial charge in [0.15, 0.2) is 0 Å². The van der Waals surface area contributed by atoms with Crippen LogP contribution in [-0.4, -0.2) is 9.97 Å². The molecule has 8 heavy (non-hydrogen) atoms. The number of hydrogen-bond acceptors (Lipinski definition) is 2. The molecule has 1 aromatic heterocycles. The van der Waals surface area contributed by atoms with Crippen LogP contribution in [0.25, 0.3) is 0 Å². The molecule has 0 aliphatic rings. The fraction of sp³-hybridized carbons (Fsp3) is 0. The molecule has 0 fully saturated rings. The first-order valence-corrected chi connectivity index (χ1v) is 3.39. The first-order chi connectivity index (χ1) is 3.79. The van der Waals surface area contributed by atoms with Gasteiger partial charge in [0, 0.05) is 6.20 Å². The lowest BCUT2D eigenvalue weighted by Crippen LogP contribution is -1.81. The van der Waals surface area contributed by atoms with Gasteiger partial charge in [-0.1, -0.05) is 0 Å². The van der Waals surface area contributed by atoms with E-state index in [-0.39, 0.29) is 0 Å². The average Bonchev–Trinajstić information content (AvgIpc) is 1.64. The molecule has 4 heteroatoms. The highest BCUT2D eigenvalue weighted by molar-refractivity contribution is 14.1. The molecule has 0 N–H and O–H groups in total. The molecule has 1 aromatic rings. The Morgan fingerprint density at radius 3 is 2.75 bits per heavy atom. The van der Waals surface area contributed by atoms with Crippen LogP contribution in [0.2, 0.25) is 5.28 Å². The molecule has 1 heterocycles. The molecular formula is C4H2ClIN2. The highest BCUT2D eigenvalue weighted by Gasteiger charge is 1.87. The second kappa shape index (κ2) is 2.59. The Labute approximate surface area is 65.4 Å². The third-order valence-electron chi connectivity index (χ3n) is 0.592. The molecule has 0 unspecified atom stereocenters. The Bertz CT molecular complexity index is 174. The minimum Gasteiger partial charge on any atom is -0.226 e. The van der Waals surface area contributed by atoms with Crippen LogP contribution in [0, 0.1) is 3.70 Å². The van der Waals surface area contributed by atoms with Crippen LogP contribution >= 0.6 is 34.2 Å². The van der Waals surface area contributed by atoms with E-state index in [2.05, 4.69) is 32.6 Å². The fourth-order valence-corrected chi connectivity index (χ4v) is 0.994. The molecule has 1 rings (SSSR count). The summed E-state index contributed by atoms with van der Waals surface area (Å²) in [5.41, 5.74) is 0. The lowest BCUT2D eigenvalue weighted by atomic mass is 10.7. The van der Waals surface area contributed by atoms with Crippen LogP contribution in [0.1, 0.15) is 0 Å². The number of aromatic nitrogens is 2. The molecule has 0 bridgehead atoms. The van der Waals surface area contributed by atoms with Crippen molar-refractivity contribution in [1.29, 1.82) is 0 Å². The van der Waals surface area contributed by atoms with Crippen LogP contribution < -0.4 is 0 Å². The van der Waals surface area contributed by atoms with Gasteiger partial charge >= 0.3 is 0 Å². The Morgan fingerprint density at radius 1 is 1.62 bits per heavy atom. The molecule has 0 aliphatic carbocycles. The molecule has 0 aromatic carbocycles. The molecule has 0 spiro atoms. The first-order valence-electron chi connectivity index (χ1n) is 1.93. The summed E-state index contributed by atoms with van der Waals surface area (Å²) in [4.78, 5) is 7.50. The van der Waals surface area contributed by atoms with Crippen molar-refractivity contribution in [2.24, 2.45) is 0 Å². The lowest BCUT2D eigenvalue weighted by Gasteiger charge is -1.85. The van der Waals surface area contributed by atoms with Crippen molar-refractivity contribution >= 4 is 34.2 Å². The smallest absolute Gasteiger partial charge is 0.223 e. The number of nitrogens with zero attached hydrogens (tertiary/aromatic N) is 2. The Balaban J connectivity index is 3.08. The van der Waals surface area contributed by atoms with Crippen molar-refractivity contribution in [2.75, 3.05) is 0 Å².